The van der Waals surface area contributed by atoms with E-state index >= 15 is 0 Å². The molecule has 2 unspecified atom stereocenters. The Balaban J connectivity index is 1.42. The molecule has 180 valence electrons. The third-order valence-corrected chi connectivity index (χ3v) is 6.64. The smallest absolute Gasteiger partial charge is 0.162 e. The minimum absolute atomic E-state index is 0.295. The van der Waals surface area contributed by atoms with Crippen LogP contribution in [0.3, 0.4) is 0 Å². The first kappa shape index (κ1) is 22.3. The SMILES string of the molecule is N#Cc1ccnc(Nc2cc(-c3nc(N4CCC(O)C(O)C4)c4c(C5CC5)cncc4n3)ccn2)c1. The molecular formula is C26H24N8O2. The summed E-state index contributed by atoms with van der Waals surface area (Å²) < 4.78 is 0. The minimum atomic E-state index is -0.841. The molecule has 6 rings (SSSR count). The number of nitriles is 1. The molecule has 1 saturated heterocycles. The number of hydrogen-bond acceptors (Lipinski definition) is 10. The van der Waals surface area contributed by atoms with Gasteiger partial charge in [0.2, 0.25) is 0 Å². The molecule has 2 atom stereocenters. The number of anilines is 3. The lowest BCUT2D eigenvalue weighted by molar-refractivity contribution is 0.00792. The molecule has 0 bridgehead atoms. The summed E-state index contributed by atoms with van der Waals surface area (Å²) in [5, 5.41) is 33.7. The maximum absolute atomic E-state index is 10.4. The van der Waals surface area contributed by atoms with Crippen LogP contribution in [0.25, 0.3) is 22.3 Å². The maximum Gasteiger partial charge on any atom is 0.162 e. The van der Waals surface area contributed by atoms with Gasteiger partial charge in [-0.3, -0.25) is 4.98 Å². The van der Waals surface area contributed by atoms with E-state index in [4.69, 9.17) is 15.2 Å². The molecule has 3 N–H and O–H groups in total. The number of rotatable bonds is 5. The molecule has 4 aromatic heterocycles. The summed E-state index contributed by atoms with van der Waals surface area (Å²) in [6.07, 6.45) is 8.00. The molecule has 36 heavy (non-hydrogen) atoms. The second-order valence-electron chi connectivity index (χ2n) is 9.23. The zero-order chi connectivity index (χ0) is 24.6. The lowest BCUT2D eigenvalue weighted by atomic mass is 10.0. The van der Waals surface area contributed by atoms with Gasteiger partial charge in [0.25, 0.3) is 0 Å². The van der Waals surface area contributed by atoms with Crippen LogP contribution in [-0.2, 0) is 0 Å². The molecule has 2 aliphatic rings. The van der Waals surface area contributed by atoms with Crippen LogP contribution >= 0.6 is 0 Å². The Kier molecular flexibility index (Phi) is 5.64. The van der Waals surface area contributed by atoms with Crippen LogP contribution in [-0.4, -0.2) is 60.4 Å². The van der Waals surface area contributed by atoms with Crippen LogP contribution in [0.1, 0.15) is 36.3 Å². The summed E-state index contributed by atoms with van der Waals surface area (Å²) in [5.74, 6) is 2.76. The van der Waals surface area contributed by atoms with Crippen molar-refractivity contribution in [2.75, 3.05) is 23.3 Å². The summed E-state index contributed by atoms with van der Waals surface area (Å²) in [5.41, 5.74) is 3.13. The molecule has 1 aliphatic carbocycles. The Morgan fingerprint density at radius 1 is 0.972 bits per heavy atom. The van der Waals surface area contributed by atoms with Crippen molar-refractivity contribution >= 4 is 28.4 Å². The quantitative estimate of drug-likeness (QED) is 0.390. The van der Waals surface area contributed by atoms with E-state index in [-0.39, 0.29) is 0 Å². The van der Waals surface area contributed by atoms with E-state index in [0.29, 0.717) is 48.5 Å². The van der Waals surface area contributed by atoms with Gasteiger partial charge in [-0.1, -0.05) is 0 Å². The first-order valence-electron chi connectivity index (χ1n) is 12.0. The predicted molar refractivity (Wildman–Crippen MR) is 134 cm³/mol. The van der Waals surface area contributed by atoms with Gasteiger partial charge in [0.1, 0.15) is 17.5 Å². The van der Waals surface area contributed by atoms with Crippen LogP contribution in [0.15, 0.2) is 49.1 Å². The topological polar surface area (TPSA) is 144 Å². The Morgan fingerprint density at radius 2 is 1.78 bits per heavy atom. The number of fused-ring (bicyclic) bond motifs is 1. The van der Waals surface area contributed by atoms with Crippen LogP contribution in [0.2, 0.25) is 0 Å². The highest BCUT2D eigenvalue weighted by atomic mass is 16.3. The number of nitrogens with zero attached hydrogens (tertiary/aromatic N) is 7. The van der Waals surface area contributed by atoms with Gasteiger partial charge in [0.15, 0.2) is 5.82 Å². The Morgan fingerprint density at radius 3 is 2.56 bits per heavy atom. The van der Waals surface area contributed by atoms with Gasteiger partial charge < -0.3 is 20.4 Å². The zero-order valence-corrected chi connectivity index (χ0v) is 19.4. The fourth-order valence-electron chi connectivity index (χ4n) is 4.60. The van der Waals surface area contributed by atoms with Crippen molar-refractivity contribution in [1.29, 1.82) is 5.26 Å². The summed E-state index contributed by atoms with van der Waals surface area (Å²) in [6.45, 7) is 0.878. The Bertz CT molecular complexity index is 1480. The first-order valence-corrected chi connectivity index (χ1v) is 12.0. The van der Waals surface area contributed by atoms with Crippen LogP contribution in [0.5, 0.6) is 0 Å². The van der Waals surface area contributed by atoms with Crippen molar-refractivity contribution in [3.05, 3.63) is 60.2 Å². The second-order valence-corrected chi connectivity index (χ2v) is 9.23. The number of aromatic nitrogens is 5. The third kappa shape index (κ3) is 4.30. The number of pyridine rings is 3. The van der Waals surface area contributed by atoms with E-state index < -0.39 is 12.2 Å². The molecule has 0 amide bonds. The van der Waals surface area contributed by atoms with Crippen LogP contribution < -0.4 is 10.2 Å². The molecule has 2 fully saturated rings. The van der Waals surface area contributed by atoms with Gasteiger partial charge in [0.05, 0.1) is 35.6 Å². The molecule has 1 aliphatic heterocycles. The van der Waals surface area contributed by atoms with E-state index in [1.807, 2.05) is 23.2 Å². The molecular weight excluding hydrogens is 456 g/mol. The van der Waals surface area contributed by atoms with Gasteiger partial charge in [-0.15, -0.1) is 0 Å². The molecule has 10 nitrogen and oxygen atoms in total. The monoisotopic (exact) mass is 480 g/mol. The highest BCUT2D eigenvalue weighted by Crippen LogP contribution is 2.45. The number of β-amino-alcohol motifs (C(OH)–C–C–N with tert-alkyl or cyclic N) is 1. The summed E-state index contributed by atoms with van der Waals surface area (Å²) >= 11 is 0. The molecule has 0 aromatic carbocycles. The predicted octanol–water partition coefficient (Wildman–Crippen LogP) is 2.91. The average molecular weight is 481 g/mol. The van der Waals surface area contributed by atoms with E-state index in [1.54, 1.807) is 30.7 Å². The summed E-state index contributed by atoms with van der Waals surface area (Å²) in [7, 11) is 0. The Labute approximate surface area is 207 Å². The highest BCUT2D eigenvalue weighted by Gasteiger charge is 2.32. The normalized spacial score (nSPS) is 19.8. The van der Waals surface area contributed by atoms with E-state index in [1.165, 1.54) is 0 Å². The third-order valence-electron chi connectivity index (χ3n) is 6.64. The number of nitrogens with one attached hydrogen (secondary N) is 1. The molecule has 4 aromatic rings. The highest BCUT2D eigenvalue weighted by molar-refractivity contribution is 5.94. The second kappa shape index (κ2) is 9.11. The fourth-order valence-corrected chi connectivity index (χ4v) is 4.60. The summed E-state index contributed by atoms with van der Waals surface area (Å²) in [6, 6.07) is 9.06. The van der Waals surface area contributed by atoms with Crippen molar-refractivity contribution in [1.82, 2.24) is 24.9 Å². The number of piperidine rings is 1. The zero-order valence-electron chi connectivity index (χ0n) is 19.4. The van der Waals surface area contributed by atoms with Crippen molar-refractivity contribution in [3.8, 4) is 17.5 Å². The average Bonchev–Trinajstić information content (AvgIpc) is 3.75. The van der Waals surface area contributed by atoms with E-state index in [0.717, 1.165) is 40.7 Å². The molecule has 0 spiro atoms. The molecule has 10 heteroatoms. The van der Waals surface area contributed by atoms with Gasteiger partial charge >= 0.3 is 0 Å². The van der Waals surface area contributed by atoms with Crippen LogP contribution in [0, 0.1) is 11.3 Å². The van der Waals surface area contributed by atoms with E-state index in [9.17, 15) is 10.2 Å². The van der Waals surface area contributed by atoms with Gasteiger partial charge in [0, 0.05) is 42.6 Å². The van der Waals surface area contributed by atoms with Crippen molar-refractivity contribution < 1.29 is 10.2 Å². The summed E-state index contributed by atoms with van der Waals surface area (Å²) in [4.78, 5) is 25.0. The van der Waals surface area contributed by atoms with E-state index in [2.05, 4.69) is 26.3 Å². The van der Waals surface area contributed by atoms with Crippen molar-refractivity contribution in [2.24, 2.45) is 0 Å². The standard InChI is InChI=1S/C26H24N8O2/c27-11-15-3-6-29-22(9-15)32-23-10-17(4-7-30-23)25-31-19-13-28-12-18(16-1-2-16)24(19)26(33-25)34-8-5-20(35)21(36)14-34/h3-4,6-7,9-10,12-13,16,20-21,35-36H,1-2,5,8,14H2,(H,29,30,32). The number of hydrogen-bond donors (Lipinski definition) is 3. The maximum atomic E-state index is 10.4. The lowest BCUT2D eigenvalue weighted by Gasteiger charge is -2.35. The van der Waals surface area contributed by atoms with Gasteiger partial charge in [-0.2, -0.15) is 5.26 Å². The molecule has 1 saturated carbocycles. The Hall–Kier alpha value is -4.20. The minimum Gasteiger partial charge on any atom is -0.390 e. The number of aliphatic hydroxyl groups excluding tert-OH is 2. The lowest BCUT2D eigenvalue weighted by Crippen LogP contribution is -2.47. The molecule has 0 radical (unpaired) electrons. The molecule has 5 heterocycles. The van der Waals surface area contributed by atoms with Crippen LogP contribution in [0.4, 0.5) is 17.5 Å². The van der Waals surface area contributed by atoms with Crippen molar-refractivity contribution in [3.63, 3.8) is 0 Å². The fraction of sp³-hybridized carbons (Fsp3) is 0.308. The first-order chi connectivity index (χ1) is 17.6. The van der Waals surface area contributed by atoms with Crippen molar-refractivity contribution in [2.45, 2.75) is 37.4 Å². The van der Waals surface area contributed by atoms with Gasteiger partial charge in [-0.05, 0) is 55.0 Å². The number of aliphatic hydroxyl groups is 2. The largest absolute Gasteiger partial charge is 0.390 e. The van der Waals surface area contributed by atoms with Gasteiger partial charge in [-0.25, -0.2) is 19.9 Å².